The van der Waals surface area contributed by atoms with Gasteiger partial charge in [-0.2, -0.15) is 0 Å². The molecule has 12 rings (SSSR count). The van der Waals surface area contributed by atoms with Gasteiger partial charge in [0, 0.05) is 44.8 Å². The van der Waals surface area contributed by atoms with E-state index in [0.717, 1.165) is 56.0 Å². The summed E-state index contributed by atoms with van der Waals surface area (Å²) in [5, 5.41) is 1.19. The highest BCUT2D eigenvalue weighted by Gasteiger charge is 2.40. The molecule has 2 aliphatic rings. The minimum Gasteiger partial charge on any atom is -0.484 e. The van der Waals surface area contributed by atoms with Gasteiger partial charge < -0.3 is 9.30 Å². The molecular weight excluding hydrogens is 757 g/mol. The van der Waals surface area contributed by atoms with Crippen LogP contribution in [0, 0.1) is 0 Å². The van der Waals surface area contributed by atoms with E-state index >= 15 is 0 Å². The standard InChI is InChI=1S/C57H38N4O/c1-4-14-37(15-5-1)39-26-28-40(29-27-39)43-21-13-23-46(35-43)61-50-25-11-10-24-48(50)53-51(61)32-31-47-49-36-45(30-33-52(49)62-54(47)53)57-59-55(41-18-8-3-9-19-41)58-56(60-57)44-22-12-20-42(34-44)38-16-6-2-7-17-38/h1-36,47,54H. The molecule has 3 heterocycles. The number of nitrogens with zero attached hydrogens (tertiary/aromatic N) is 4. The third-order valence-electron chi connectivity index (χ3n) is 12.2. The SMILES string of the molecule is C1=CC2c3cc(-c4nc(-c5ccccc5)nc(-c5cccc(-c6ccccc6)c5)n4)ccc3OC2c2c1n(-c1cccc(-c3ccc(-c4ccccc4)cc3)c1)c1ccccc21. The Morgan fingerprint density at radius 1 is 0.403 bits per heavy atom. The summed E-state index contributed by atoms with van der Waals surface area (Å²) in [5.41, 5.74) is 15.6. The van der Waals surface area contributed by atoms with Crippen molar-refractivity contribution >= 4 is 17.0 Å². The van der Waals surface area contributed by atoms with Gasteiger partial charge in [-0.05, 0) is 81.9 Å². The van der Waals surface area contributed by atoms with Gasteiger partial charge in [0.2, 0.25) is 0 Å². The Hall–Kier alpha value is -8.15. The van der Waals surface area contributed by atoms with Crippen LogP contribution in [0.1, 0.15) is 28.8 Å². The van der Waals surface area contributed by atoms with Crippen molar-refractivity contribution in [1.29, 1.82) is 0 Å². The zero-order valence-corrected chi connectivity index (χ0v) is 33.6. The number of ether oxygens (including phenoxy) is 1. The van der Waals surface area contributed by atoms with E-state index in [1.165, 1.54) is 33.2 Å². The summed E-state index contributed by atoms with van der Waals surface area (Å²) >= 11 is 0. The van der Waals surface area contributed by atoms with E-state index in [2.05, 4.69) is 187 Å². The van der Waals surface area contributed by atoms with Crippen molar-refractivity contribution in [2.75, 3.05) is 0 Å². The minimum atomic E-state index is -0.186. The van der Waals surface area contributed by atoms with Gasteiger partial charge in [0.25, 0.3) is 0 Å². The third kappa shape index (κ3) is 6.22. The monoisotopic (exact) mass is 794 g/mol. The fourth-order valence-electron chi connectivity index (χ4n) is 9.22. The fraction of sp³-hybridized carbons (Fsp3) is 0.0351. The van der Waals surface area contributed by atoms with Gasteiger partial charge in [-0.3, -0.25) is 0 Å². The summed E-state index contributed by atoms with van der Waals surface area (Å²) in [7, 11) is 0. The zero-order valence-electron chi connectivity index (χ0n) is 33.6. The van der Waals surface area contributed by atoms with Gasteiger partial charge in [-0.1, -0.05) is 170 Å². The number of hydrogen-bond donors (Lipinski definition) is 0. The largest absolute Gasteiger partial charge is 0.484 e. The van der Waals surface area contributed by atoms with E-state index in [0.29, 0.717) is 17.5 Å². The molecule has 0 radical (unpaired) electrons. The molecule has 10 aromatic rings. The van der Waals surface area contributed by atoms with Crippen molar-refractivity contribution in [3.8, 4) is 79.0 Å². The lowest BCUT2D eigenvalue weighted by atomic mass is 9.85. The Bertz CT molecular complexity index is 3320. The highest BCUT2D eigenvalue weighted by molar-refractivity contribution is 5.92. The van der Waals surface area contributed by atoms with Gasteiger partial charge in [0.1, 0.15) is 11.9 Å². The molecular formula is C57H38N4O. The maximum absolute atomic E-state index is 6.95. The van der Waals surface area contributed by atoms with Crippen LogP contribution >= 0.6 is 0 Å². The molecule has 0 amide bonds. The predicted molar refractivity (Wildman–Crippen MR) is 251 cm³/mol. The lowest BCUT2D eigenvalue weighted by molar-refractivity contribution is 0.224. The molecule has 5 heteroatoms. The molecule has 5 nitrogen and oxygen atoms in total. The average Bonchev–Trinajstić information content (AvgIpc) is 3.90. The number of fused-ring (bicyclic) bond motifs is 7. The van der Waals surface area contributed by atoms with Crippen LogP contribution < -0.4 is 4.74 Å². The predicted octanol–water partition coefficient (Wildman–Crippen LogP) is 14.1. The van der Waals surface area contributed by atoms with E-state index in [1.54, 1.807) is 0 Å². The van der Waals surface area contributed by atoms with E-state index < -0.39 is 0 Å². The molecule has 2 unspecified atom stereocenters. The van der Waals surface area contributed by atoms with Crippen LogP contribution in [0.25, 0.3) is 90.2 Å². The van der Waals surface area contributed by atoms with Crippen molar-refractivity contribution in [2.45, 2.75) is 12.0 Å². The Morgan fingerprint density at radius 3 is 1.61 bits per heavy atom. The van der Waals surface area contributed by atoms with Crippen LogP contribution in [0.15, 0.2) is 212 Å². The highest BCUT2D eigenvalue weighted by Crippen LogP contribution is 2.53. The summed E-state index contributed by atoms with van der Waals surface area (Å²) in [5.74, 6) is 2.78. The van der Waals surface area contributed by atoms with Crippen molar-refractivity contribution in [3.63, 3.8) is 0 Å². The van der Waals surface area contributed by atoms with Crippen LogP contribution in [-0.4, -0.2) is 19.5 Å². The smallest absolute Gasteiger partial charge is 0.164 e. The van der Waals surface area contributed by atoms with Crippen LogP contribution in [0.2, 0.25) is 0 Å². The number of benzene rings is 8. The Kier molecular flexibility index (Phi) is 8.56. The van der Waals surface area contributed by atoms with Gasteiger partial charge in [0.15, 0.2) is 17.5 Å². The first kappa shape index (κ1) is 35.8. The normalized spacial score (nSPS) is 14.8. The molecule has 0 fully saturated rings. The van der Waals surface area contributed by atoms with Crippen LogP contribution in [0.5, 0.6) is 5.75 Å². The van der Waals surface area contributed by atoms with E-state index in [9.17, 15) is 0 Å². The number of hydrogen-bond acceptors (Lipinski definition) is 4. The van der Waals surface area contributed by atoms with Crippen molar-refractivity contribution in [2.24, 2.45) is 0 Å². The highest BCUT2D eigenvalue weighted by atomic mass is 16.5. The second-order valence-corrected chi connectivity index (χ2v) is 15.9. The van der Waals surface area contributed by atoms with Gasteiger partial charge in [0.05, 0.1) is 11.2 Å². The van der Waals surface area contributed by atoms with Crippen molar-refractivity contribution < 1.29 is 4.74 Å². The van der Waals surface area contributed by atoms with Crippen molar-refractivity contribution in [3.05, 3.63) is 229 Å². The summed E-state index contributed by atoms with van der Waals surface area (Å²) in [6.07, 6.45) is 4.42. The maximum atomic E-state index is 6.95. The van der Waals surface area contributed by atoms with Crippen LogP contribution in [-0.2, 0) is 0 Å². The molecule has 8 aromatic carbocycles. The Balaban J connectivity index is 0.914. The minimum absolute atomic E-state index is 0.0172. The summed E-state index contributed by atoms with van der Waals surface area (Å²) in [6.45, 7) is 0. The Labute approximate surface area is 360 Å². The molecule has 292 valence electrons. The molecule has 2 atom stereocenters. The van der Waals surface area contributed by atoms with E-state index in [4.69, 9.17) is 19.7 Å². The lowest BCUT2D eigenvalue weighted by Gasteiger charge is -2.22. The van der Waals surface area contributed by atoms with Crippen LogP contribution in [0.3, 0.4) is 0 Å². The van der Waals surface area contributed by atoms with E-state index in [-0.39, 0.29) is 12.0 Å². The number of para-hydroxylation sites is 1. The maximum Gasteiger partial charge on any atom is 0.164 e. The first-order valence-corrected chi connectivity index (χ1v) is 21.1. The van der Waals surface area contributed by atoms with E-state index in [1.807, 2.05) is 36.4 Å². The molecule has 0 saturated carbocycles. The molecule has 1 aliphatic carbocycles. The van der Waals surface area contributed by atoms with Gasteiger partial charge in [-0.15, -0.1) is 0 Å². The zero-order chi connectivity index (χ0) is 41.0. The fourth-order valence-corrected chi connectivity index (χ4v) is 9.22. The topological polar surface area (TPSA) is 52.8 Å². The van der Waals surface area contributed by atoms with Gasteiger partial charge >= 0.3 is 0 Å². The van der Waals surface area contributed by atoms with Crippen molar-refractivity contribution in [1.82, 2.24) is 19.5 Å². The molecule has 2 aromatic heterocycles. The second kappa shape index (κ2) is 14.8. The first-order chi connectivity index (χ1) is 30.7. The summed E-state index contributed by atoms with van der Waals surface area (Å²) in [4.78, 5) is 15.3. The number of aromatic nitrogens is 4. The molecule has 1 aliphatic heterocycles. The van der Waals surface area contributed by atoms with Gasteiger partial charge in [-0.25, -0.2) is 15.0 Å². The quantitative estimate of drug-likeness (QED) is 0.161. The molecule has 62 heavy (non-hydrogen) atoms. The molecule has 0 N–H and O–H groups in total. The number of rotatable bonds is 7. The first-order valence-electron chi connectivity index (χ1n) is 21.1. The molecule has 0 saturated heterocycles. The molecule has 0 spiro atoms. The average molecular weight is 795 g/mol. The Morgan fingerprint density at radius 2 is 0.903 bits per heavy atom. The lowest BCUT2D eigenvalue weighted by Crippen LogP contribution is -2.13. The third-order valence-corrected chi connectivity index (χ3v) is 12.2. The molecule has 0 bridgehead atoms. The second-order valence-electron chi connectivity index (χ2n) is 15.9. The van der Waals surface area contributed by atoms with Crippen LogP contribution in [0.4, 0.5) is 0 Å². The summed E-state index contributed by atoms with van der Waals surface area (Å²) in [6, 6.07) is 72.3. The summed E-state index contributed by atoms with van der Waals surface area (Å²) < 4.78 is 9.34.